The van der Waals surface area contributed by atoms with E-state index in [1.165, 1.54) is 10.8 Å². The van der Waals surface area contributed by atoms with E-state index in [-0.39, 0.29) is 5.91 Å². The number of nitrogens with zero attached hydrogens (tertiary/aromatic N) is 1. The SMILES string of the molecule is CCOc1cc2occ(-c3ccc4ccccc4c3)c2cc1/C(C)=C/C(=O)Nc1ccc2ncccc2c1. The van der Waals surface area contributed by atoms with Crippen LogP contribution in [-0.4, -0.2) is 17.5 Å². The van der Waals surface area contributed by atoms with E-state index < -0.39 is 0 Å². The van der Waals surface area contributed by atoms with Crippen molar-refractivity contribution in [2.24, 2.45) is 0 Å². The second-order valence-electron chi connectivity index (χ2n) is 9.22. The zero-order valence-electron chi connectivity index (χ0n) is 21.2. The second kappa shape index (κ2) is 9.87. The van der Waals surface area contributed by atoms with Gasteiger partial charge in [-0.1, -0.05) is 42.5 Å². The summed E-state index contributed by atoms with van der Waals surface area (Å²) in [7, 11) is 0. The number of hydrogen-bond donors (Lipinski definition) is 1. The lowest BCUT2D eigenvalue weighted by Gasteiger charge is -2.12. The maximum Gasteiger partial charge on any atom is 0.248 e. The lowest BCUT2D eigenvalue weighted by molar-refractivity contribution is -0.111. The van der Waals surface area contributed by atoms with Crippen molar-refractivity contribution in [3.8, 4) is 16.9 Å². The van der Waals surface area contributed by atoms with Crippen LogP contribution in [0.15, 0.2) is 108 Å². The number of pyridine rings is 1. The molecule has 0 bridgehead atoms. The molecule has 0 saturated heterocycles. The number of nitrogens with one attached hydrogen (secondary N) is 1. The van der Waals surface area contributed by atoms with Crippen LogP contribution in [-0.2, 0) is 4.79 Å². The molecule has 0 fully saturated rings. The predicted molar refractivity (Wildman–Crippen MR) is 154 cm³/mol. The highest BCUT2D eigenvalue weighted by molar-refractivity contribution is 6.06. The second-order valence-corrected chi connectivity index (χ2v) is 9.22. The minimum absolute atomic E-state index is 0.213. The van der Waals surface area contributed by atoms with Crippen molar-refractivity contribution in [1.82, 2.24) is 4.98 Å². The van der Waals surface area contributed by atoms with Gasteiger partial charge in [-0.05, 0) is 72.2 Å². The summed E-state index contributed by atoms with van der Waals surface area (Å²) >= 11 is 0. The van der Waals surface area contributed by atoms with Crippen molar-refractivity contribution in [1.29, 1.82) is 0 Å². The van der Waals surface area contributed by atoms with Gasteiger partial charge in [0.15, 0.2) is 0 Å². The minimum atomic E-state index is -0.213. The summed E-state index contributed by atoms with van der Waals surface area (Å²) in [5, 5.41) is 7.27. The van der Waals surface area contributed by atoms with E-state index in [2.05, 4.69) is 46.7 Å². The quantitative estimate of drug-likeness (QED) is 0.235. The molecule has 1 amide bonds. The van der Waals surface area contributed by atoms with Gasteiger partial charge in [-0.15, -0.1) is 0 Å². The Morgan fingerprint density at radius 1 is 0.947 bits per heavy atom. The number of furan rings is 1. The summed E-state index contributed by atoms with van der Waals surface area (Å²) in [5.74, 6) is 0.466. The van der Waals surface area contributed by atoms with Crippen LogP contribution in [0.2, 0.25) is 0 Å². The molecular weight excluding hydrogens is 472 g/mol. The lowest BCUT2D eigenvalue weighted by atomic mass is 9.97. The first-order chi connectivity index (χ1) is 18.6. The number of benzene rings is 4. The van der Waals surface area contributed by atoms with Crippen molar-refractivity contribution in [3.63, 3.8) is 0 Å². The molecule has 0 spiro atoms. The van der Waals surface area contributed by atoms with E-state index in [0.717, 1.165) is 44.1 Å². The molecule has 6 aromatic rings. The molecule has 5 nitrogen and oxygen atoms in total. The van der Waals surface area contributed by atoms with Gasteiger partial charge in [-0.2, -0.15) is 0 Å². The Balaban J connectivity index is 1.36. The number of aromatic nitrogens is 1. The van der Waals surface area contributed by atoms with Crippen LogP contribution >= 0.6 is 0 Å². The number of rotatable bonds is 6. The zero-order chi connectivity index (χ0) is 26.1. The van der Waals surface area contributed by atoms with Gasteiger partial charge >= 0.3 is 0 Å². The topological polar surface area (TPSA) is 64.4 Å². The van der Waals surface area contributed by atoms with Crippen LogP contribution in [0.4, 0.5) is 5.69 Å². The van der Waals surface area contributed by atoms with Gasteiger partial charge in [0.25, 0.3) is 0 Å². The van der Waals surface area contributed by atoms with Crippen LogP contribution in [0.5, 0.6) is 5.75 Å². The molecule has 2 aromatic heterocycles. The molecule has 0 aliphatic heterocycles. The van der Waals surface area contributed by atoms with Crippen LogP contribution in [0, 0.1) is 0 Å². The van der Waals surface area contributed by atoms with Crippen LogP contribution in [0.1, 0.15) is 19.4 Å². The first-order valence-electron chi connectivity index (χ1n) is 12.6. The van der Waals surface area contributed by atoms with Crippen LogP contribution in [0.25, 0.3) is 49.3 Å². The van der Waals surface area contributed by atoms with Crippen molar-refractivity contribution in [2.45, 2.75) is 13.8 Å². The van der Waals surface area contributed by atoms with Gasteiger partial charge in [0.05, 0.1) is 18.4 Å². The third-order valence-electron chi connectivity index (χ3n) is 6.68. The fourth-order valence-electron chi connectivity index (χ4n) is 4.82. The van der Waals surface area contributed by atoms with Crippen LogP contribution in [0.3, 0.4) is 0 Å². The van der Waals surface area contributed by atoms with Gasteiger partial charge < -0.3 is 14.5 Å². The Morgan fingerprint density at radius 3 is 2.66 bits per heavy atom. The van der Waals surface area contributed by atoms with E-state index in [1.54, 1.807) is 18.5 Å². The van der Waals surface area contributed by atoms with Gasteiger partial charge in [-0.3, -0.25) is 9.78 Å². The number of ether oxygens (including phenoxy) is 1. The Labute approximate surface area is 220 Å². The molecule has 186 valence electrons. The molecule has 0 unspecified atom stereocenters. The summed E-state index contributed by atoms with van der Waals surface area (Å²) in [6, 6.07) is 28.2. The molecule has 38 heavy (non-hydrogen) atoms. The van der Waals surface area contributed by atoms with Crippen molar-refractivity contribution in [3.05, 3.63) is 109 Å². The van der Waals surface area contributed by atoms with Gasteiger partial charge in [-0.25, -0.2) is 0 Å². The third-order valence-corrected chi connectivity index (χ3v) is 6.68. The molecule has 6 rings (SSSR count). The maximum absolute atomic E-state index is 13.0. The molecule has 0 atom stereocenters. The van der Waals surface area contributed by atoms with Gasteiger partial charge in [0, 0.05) is 45.9 Å². The molecule has 1 N–H and O–H groups in total. The summed E-state index contributed by atoms with van der Waals surface area (Å²) in [4.78, 5) is 17.3. The summed E-state index contributed by atoms with van der Waals surface area (Å²) in [6.07, 6.45) is 5.15. The first-order valence-corrected chi connectivity index (χ1v) is 12.6. The summed E-state index contributed by atoms with van der Waals surface area (Å²) in [6.45, 7) is 4.36. The highest BCUT2D eigenvalue weighted by Gasteiger charge is 2.16. The summed E-state index contributed by atoms with van der Waals surface area (Å²) in [5.41, 5.74) is 6.05. The number of carbonyl (C=O) groups excluding carboxylic acids is 1. The van der Waals surface area contributed by atoms with Crippen molar-refractivity contribution >= 4 is 49.8 Å². The average molecular weight is 499 g/mol. The fourth-order valence-corrected chi connectivity index (χ4v) is 4.82. The molecule has 5 heteroatoms. The molecule has 0 radical (unpaired) electrons. The summed E-state index contributed by atoms with van der Waals surface area (Å²) < 4.78 is 11.9. The Kier molecular flexibility index (Phi) is 6.10. The zero-order valence-corrected chi connectivity index (χ0v) is 21.2. The average Bonchev–Trinajstić information content (AvgIpc) is 3.35. The Morgan fingerprint density at radius 2 is 1.79 bits per heavy atom. The Bertz CT molecular complexity index is 1850. The van der Waals surface area contributed by atoms with E-state index in [4.69, 9.17) is 9.15 Å². The predicted octanol–water partition coefficient (Wildman–Crippen LogP) is 8.24. The van der Waals surface area contributed by atoms with E-state index in [0.29, 0.717) is 18.0 Å². The number of carbonyl (C=O) groups is 1. The van der Waals surface area contributed by atoms with Crippen molar-refractivity contribution < 1.29 is 13.9 Å². The number of allylic oxidation sites excluding steroid dienone is 1. The molecule has 0 aliphatic carbocycles. The molecule has 4 aromatic carbocycles. The highest BCUT2D eigenvalue weighted by atomic mass is 16.5. The Hall–Kier alpha value is -4.90. The van der Waals surface area contributed by atoms with E-state index in [9.17, 15) is 4.79 Å². The normalized spacial score (nSPS) is 11.8. The fraction of sp³-hybridized carbons (Fsp3) is 0.0909. The highest BCUT2D eigenvalue weighted by Crippen LogP contribution is 2.38. The minimum Gasteiger partial charge on any atom is -0.493 e. The lowest BCUT2D eigenvalue weighted by Crippen LogP contribution is -2.08. The maximum atomic E-state index is 13.0. The standard InChI is InChI=1S/C33H26N2O3/c1-3-37-31-19-32-28(29(20-38-32)24-11-10-22-7-4-5-8-23(22)16-24)18-27(31)21(2)15-33(36)35-26-12-13-30-25(17-26)9-6-14-34-30/h4-20H,3H2,1-2H3,(H,35,36)/b21-15+. The molecular formula is C33H26N2O3. The van der Waals surface area contributed by atoms with Gasteiger partial charge in [0.1, 0.15) is 11.3 Å². The van der Waals surface area contributed by atoms with Crippen molar-refractivity contribution in [2.75, 3.05) is 11.9 Å². The molecule has 0 saturated carbocycles. The monoisotopic (exact) mass is 498 g/mol. The number of amides is 1. The third kappa shape index (κ3) is 4.50. The van der Waals surface area contributed by atoms with Crippen LogP contribution < -0.4 is 10.1 Å². The van der Waals surface area contributed by atoms with E-state index >= 15 is 0 Å². The number of fused-ring (bicyclic) bond motifs is 3. The molecule has 2 heterocycles. The number of hydrogen-bond acceptors (Lipinski definition) is 4. The first kappa shape index (κ1) is 23.5. The smallest absolute Gasteiger partial charge is 0.248 e. The molecule has 0 aliphatic rings. The number of anilines is 1. The van der Waals surface area contributed by atoms with Gasteiger partial charge in [0.2, 0.25) is 5.91 Å². The van der Waals surface area contributed by atoms with E-state index in [1.807, 2.05) is 62.4 Å². The largest absolute Gasteiger partial charge is 0.493 e.